The summed E-state index contributed by atoms with van der Waals surface area (Å²) in [5.41, 5.74) is 4.14. The fourth-order valence-electron chi connectivity index (χ4n) is 2.62. The van der Waals surface area contributed by atoms with Gasteiger partial charge in [-0.1, -0.05) is 6.07 Å². The Labute approximate surface area is 140 Å². The second kappa shape index (κ2) is 6.55. The molecule has 2 aromatic carbocycles. The number of fused-ring (bicyclic) bond motifs is 1. The van der Waals surface area contributed by atoms with E-state index in [1.54, 1.807) is 24.3 Å². The van der Waals surface area contributed by atoms with E-state index in [0.29, 0.717) is 17.3 Å². The number of imidazole rings is 1. The summed E-state index contributed by atoms with van der Waals surface area (Å²) in [6.07, 6.45) is 2.11. The zero-order valence-electron chi connectivity index (χ0n) is 13.7. The van der Waals surface area contributed by atoms with Gasteiger partial charge in [-0.2, -0.15) is 5.26 Å². The summed E-state index contributed by atoms with van der Waals surface area (Å²) >= 11 is 0. The molecule has 5 nitrogen and oxygen atoms in total. The monoisotopic (exact) mass is 318 g/mol. The second-order valence-corrected chi connectivity index (χ2v) is 5.98. The van der Waals surface area contributed by atoms with Crippen LogP contribution >= 0.6 is 0 Å². The van der Waals surface area contributed by atoms with Gasteiger partial charge in [0.2, 0.25) is 5.91 Å². The molecule has 0 bridgehead atoms. The highest BCUT2D eigenvalue weighted by Gasteiger charge is 2.09. The van der Waals surface area contributed by atoms with Crippen molar-refractivity contribution in [2.24, 2.45) is 0 Å². The van der Waals surface area contributed by atoms with E-state index in [-0.39, 0.29) is 12.3 Å². The number of benzene rings is 2. The van der Waals surface area contributed by atoms with E-state index in [2.05, 4.69) is 34.8 Å². The third-order valence-corrected chi connectivity index (χ3v) is 3.86. The van der Waals surface area contributed by atoms with Crippen LogP contribution in [0.5, 0.6) is 0 Å². The zero-order chi connectivity index (χ0) is 17.1. The first-order valence-corrected chi connectivity index (χ1v) is 7.82. The molecule has 3 aromatic rings. The van der Waals surface area contributed by atoms with Crippen LogP contribution in [0.25, 0.3) is 11.0 Å². The number of nitrogens with zero attached hydrogens (tertiary/aromatic N) is 3. The maximum Gasteiger partial charge on any atom is 0.228 e. The van der Waals surface area contributed by atoms with Gasteiger partial charge in [0, 0.05) is 11.7 Å². The number of hydrogen-bond acceptors (Lipinski definition) is 3. The van der Waals surface area contributed by atoms with E-state index in [1.807, 2.05) is 24.5 Å². The summed E-state index contributed by atoms with van der Waals surface area (Å²) in [6.45, 7) is 4.22. The standard InChI is InChI=1S/C19H18N4O/c1-13(2)23-12-21-17-9-15(5-8-18(17)23)10-19(24)22-16-6-3-14(11-20)4-7-16/h3-9,12-13H,10H2,1-2H3,(H,22,24). The predicted octanol–water partition coefficient (Wildman–Crippen LogP) is 3.67. The lowest BCUT2D eigenvalue weighted by Gasteiger charge is -2.08. The highest BCUT2D eigenvalue weighted by molar-refractivity contribution is 5.92. The summed E-state index contributed by atoms with van der Waals surface area (Å²) in [5, 5.41) is 11.6. The van der Waals surface area contributed by atoms with Gasteiger partial charge in [0.25, 0.3) is 0 Å². The maximum atomic E-state index is 12.2. The van der Waals surface area contributed by atoms with Gasteiger partial charge in [-0.15, -0.1) is 0 Å². The van der Waals surface area contributed by atoms with Crippen LogP contribution in [0.4, 0.5) is 5.69 Å². The molecule has 0 aliphatic rings. The molecule has 0 radical (unpaired) electrons. The van der Waals surface area contributed by atoms with Crippen molar-refractivity contribution in [3.8, 4) is 6.07 Å². The van der Waals surface area contributed by atoms with Gasteiger partial charge in [0.15, 0.2) is 0 Å². The summed E-state index contributed by atoms with van der Waals surface area (Å²) in [5.74, 6) is -0.0950. The van der Waals surface area contributed by atoms with Crippen molar-refractivity contribution in [1.29, 1.82) is 5.26 Å². The van der Waals surface area contributed by atoms with Crippen LogP contribution in [0.1, 0.15) is 31.0 Å². The van der Waals surface area contributed by atoms with Crippen molar-refractivity contribution in [3.05, 3.63) is 59.9 Å². The number of carbonyl (C=O) groups is 1. The van der Waals surface area contributed by atoms with Crippen molar-refractivity contribution in [2.75, 3.05) is 5.32 Å². The van der Waals surface area contributed by atoms with Crippen molar-refractivity contribution in [3.63, 3.8) is 0 Å². The number of aromatic nitrogens is 2. The van der Waals surface area contributed by atoms with Crippen LogP contribution in [0.3, 0.4) is 0 Å². The summed E-state index contributed by atoms with van der Waals surface area (Å²) in [6, 6.07) is 15.1. The number of hydrogen-bond donors (Lipinski definition) is 1. The van der Waals surface area contributed by atoms with Crippen molar-refractivity contribution < 1.29 is 4.79 Å². The lowest BCUT2D eigenvalue weighted by molar-refractivity contribution is -0.115. The number of nitriles is 1. The highest BCUT2D eigenvalue weighted by atomic mass is 16.1. The number of nitrogens with one attached hydrogen (secondary N) is 1. The molecular formula is C19H18N4O. The van der Waals surface area contributed by atoms with Crippen molar-refractivity contribution in [2.45, 2.75) is 26.3 Å². The van der Waals surface area contributed by atoms with Crippen LogP contribution < -0.4 is 5.32 Å². The average molecular weight is 318 g/mol. The fraction of sp³-hybridized carbons (Fsp3) is 0.211. The van der Waals surface area contributed by atoms with E-state index in [4.69, 9.17) is 5.26 Å². The van der Waals surface area contributed by atoms with Gasteiger partial charge in [-0.3, -0.25) is 4.79 Å². The lowest BCUT2D eigenvalue weighted by atomic mass is 10.1. The van der Waals surface area contributed by atoms with Crippen LogP contribution in [-0.2, 0) is 11.2 Å². The molecule has 0 aliphatic carbocycles. The average Bonchev–Trinajstić information content (AvgIpc) is 2.99. The van der Waals surface area contributed by atoms with E-state index in [9.17, 15) is 4.79 Å². The van der Waals surface area contributed by atoms with Crippen LogP contribution in [-0.4, -0.2) is 15.5 Å². The molecule has 1 amide bonds. The molecule has 24 heavy (non-hydrogen) atoms. The minimum Gasteiger partial charge on any atom is -0.328 e. The quantitative estimate of drug-likeness (QED) is 0.798. The Hall–Kier alpha value is -3.13. The largest absolute Gasteiger partial charge is 0.328 e. The molecule has 0 saturated carbocycles. The molecule has 0 aliphatic heterocycles. The Bertz CT molecular complexity index is 917. The molecule has 1 heterocycles. The van der Waals surface area contributed by atoms with Crippen molar-refractivity contribution in [1.82, 2.24) is 9.55 Å². The van der Waals surface area contributed by atoms with E-state index >= 15 is 0 Å². The van der Waals surface area contributed by atoms with E-state index < -0.39 is 0 Å². The number of amides is 1. The Balaban J connectivity index is 1.72. The SMILES string of the molecule is CC(C)n1cnc2cc(CC(=O)Nc3ccc(C#N)cc3)ccc21. The third kappa shape index (κ3) is 3.28. The Morgan fingerprint density at radius 2 is 2.00 bits per heavy atom. The smallest absolute Gasteiger partial charge is 0.228 e. The van der Waals surface area contributed by atoms with E-state index in [1.165, 1.54) is 0 Å². The first-order valence-electron chi connectivity index (χ1n) is 7.82. The van der Waals surface area contributed by atoms with Gasteiger partial charge in [-0.05, 0) is 55.8 Å². The van der Waals surface area contributed by atoms with Gasteiger partial charge in [0.1, 0.15) is 0 Å². The normalized spacial score (nSPS) is 10.8. The van der Waals surface area contributed by atoms with Gasteiger partial charge < -0.3 is 9.88 Å². The fourth-order valence-corrected chi connectivity index (χ4v) is 2.62. The second-order valence-electron chi connectivity index (χ2n) is 5.98. The van der Waals surface area contributed by atoms with Crippen LogP contribution in [0, 0.1) is 11.3 Å². The Morgan fingerprint density at radius 1 is 1.25 bits per heavy atom. The molecule has 0 unspecified atom stereocenters. The van der Waals surface area contributed by atoms with E-state index in [0.717, 1.165) is 16.6 Å². The zero-order valence-corrected chi connectivity index (χ0v) is 13.7. The summed E-state index contributed by atoms with van der Waals surface area (Å²) in [4.78, 5) is 16.6. The molecule has 0 saturated heterocycles. The third-order valence-electron chi connectivity index (χ3n) is 3.86. The minimum atomic E-state index is -0.0950. The number of rotatable bonds is 4. The maximum absolute atomic E-state index is 12.2. The summed E-state index contributed by atoms with van der Waals surface area (Å²) in [7, 11) is 0. The minimum absolute atomic E-state index is 0.0950. The van der Waals surface area contributed by atoms with Crippen LogP contribution in [0.2, 0.25) is 0 Å². The highest BCUT2D eigenvalue weighted by Crippen LogP contribution is 2.19. The Morgan fingerprint density at radius 3 is 2.67 bits per heavy atom. The first-order chi connectivity index (χ1) is 11.6. The van der Waals surface area contributed by atoms with Crippen molar-refractivity contribution >= 4 is 22.6 Å². The molecular weight excluding hydrogens is 300 g/mol. The number of anilines is 1. The summed E-state index contributed by atoms with van der Waals surface area (Å²) < 4.78 is 2.11. The topological polar surface area (TPSA) is 70.7 Å². The van der Waals surface area contributed by atoms with Gasteiger partial charge in [-0.25, -0.2) is 4.98 Å². The van der Waals surface area contributed by atoms with Gasteiger partial charge in [0.05, 0.1) is 35.4 Å². The molecule has 1 N–H and O–H groups in total. The molecule has 3 rings (SSSR count). The molecule has 5 heteroatoms. The molecule has 0 atom stereocenters. The Kier molecular flexibility index (Phi) is 4.30. The first kappa shape index (κ1) is 15.8. The van der Waals surface area contributed by atoms with Gasteiger partial charge >= 0.3 is 0 Å². The predicted molar refractivity (Wildman–Crippen MR) is 93.6 cm³/mol. The number of carbonyl (C=O) groups excluding carboxylic acids is 1. The molecule has 120 valence electrons. The lowest BCUT2D eigenvalue weighted by Crippen LogP contribution is -2.14. The molecule has 1 aromatic heterocycles. The molecule has 0 fully saturated rings. The molecule has 0 spiro atoms. The van der Waals surface area contributed by atoms with Crippen LogP contribution in [0.15, 0.2) is 48.8 Å².